The van der Waals surface area contributed by atoms with Crippen LogP contribution in [0.15, 0.2) is 47.4 Å². The highest BCUT2D eigenvalue weighted by molar-refractivity contribution is 7.92. The minimum atomic E-state index is -3.79. The fraction of sp³-hybridized carbons (Fsp3) is 0.350. The summed E-state index contributed by atoms with van der Waals surface area (Å²) in [4.78, 5) is 12.7. The Labute approximate surface area is 172 Å². The maximum atomic E-state index is 12.8. The van der Waals surface area contributed by atoms with Gasteiger partial charge in [0.05, 0.1) is 4.90 Å². The summed E-state index contributed by atoms with van der Waals surface area (Å²) in [6.07, 6.45) is 1.75. The van der Waals surface area contributed by atoms with Gasteiger partial charge in [0.2, 0.25) is 0 Å². The van der Waals surface area contributed by atoms with Gasteiger partial charge in [-0.2, -0.15) is 0 Å². The van der Waals surface area contributed by atoms with E-state index in [0.717, 1.165) is 31.5 Å². The molecule has 0 radical (unpaired) electrons. The Balaban J connectivity index is 0.00000280. The first kappa shape index (κ1) is 22.2. The van der Waals surface area contributed by atoms with Crippen molar-refractivity contribution in [2.75, 3.05) is 17.8 Å². The van der Waals surface area contributed by atoms with E-state index in [4.69, 9.17) is 0 Å². The molecule has 1 saturated heterocycles. The lowest BCUT2D eigenvalue weighted by molar-refractivity contribution is 0.0929. The molecule has 0 unspecified atom stereocenters. The summed E-state index contributed by atoms with van der Waals surface area (Å²) in [5.41, 5.74) is 2.40. The van der Waals surface area contributed by atoms with Gasteiger partial charge in [0.25, 0.3) is 15.9 Å². The Morgan fingerprint density at radius 3 is 2.46 bits per heavy atom. The van der Waals surface area contributed by atoms with Gasteiger partial charge in [-0.3, -0.25) is 9.52 Å². The third-order valence-electron chi connectivity index (χ3n) is 4.68. The molecule has 0 bridgehead atoms. The quantitative estimate of drug-likeness (QED) is 0.689. The van der Waals surface area contributed by atoms with Crippen molar-refractivity contribution in [2.45, 2.75) is 37.6 Å². The number of carbonyl (C=O) groups is 1. The standard InChI is InChI=1S/C20H25N3O3S.ClH/c1-14-4-3-5-18(12-14)23-27(25,26)19-13-16(7-6-15(19)2)20(24)22-17-8-10-21-11-9-17;/h3-7,12-13,17,21,23H,8-11H2,1-2H3,(H,22,24);1H. The molecule has 1 aliphatic rings. The molecular formula is C20H26ClN3O3S. The maximum absolute atomic E-state index is 12.8. The van der Waals surface area contributed by atoms with Crippen LogP contribution < -0.4 is 15.4 Å². The van der Waals surface area contributed by atoms with Crippen molar-refractivity contribution in [3.05, 3.63) is 59.2 Å². The first-order valence-corrected chi connectivity index (χ1v) is 10.6. The van der Waals surface area contributed by atoms with Crippen molar-refractivity contribution < 1.29 is 13.2 Å². The van der Waals surface area contributed by atoms with Crippen molar-refractivity contribution in [3.63, 3.8) is 0 Å². The number of halogens is 1. The average molecular weight is 424 g/mol. The molecule has 1 aliphatic heterocycles. The summed E-state index contributed by atoms with van der Waals surface area (Å²) in [5, 5.41) is 6.25. The second-order valence-corrected chi connectivity index (χ2v) is 8.60. The first-order chi connectivity index (χ1) is 12.8. The highest BCUT2D eigenvalue weighted by Crippen LogP contribution is 2.21. The van der Waals surface area contributed by atoms with E-state index >= 15 is 0 Å². The first-order valence-electron chi connectivity index (χ1n) is 9.07. The van der Waals surface area contributed by atoms with E-state index in [1.54, 1.807) is 37.3 Å². The van der Waals surface area contributed by atoms with Gasteiger partial charge in [0.1, 0.15) is 0 Å². The van der Waals surface area contributed by atoms with Gasteiger partial charge in [0, 0.05) is 17.3 Å². The van der Waals surface area contributed by atoms with E-state index in [9.17, 15) is 13.2 Å². The largest absolute Gasteiger partial charge is 0.349 e. The third kappa shape index (κ3) is 5.47. The van der Waals surface area contributed by atoms with Crippen LogP contribution in [0.4, 0.5) is 5.69 Å². The summed E-state index contributed by atoms with van der Waals surface area (Å²) in [5.74, 6) is -0.242. The molecule has 8 heteroatoms. The lowest BCUT2D eigenvalue weighted by Crippen LogP contribution is -2.42. The molecule has 0 aromatic heterocycles. The number of hydrogen-bond donors (Lipinski definition) is 3. The van der Waals surface area contributed by atoms with E-state index in [1.165, 1.54) is 6.07 Å². The minimum absolute atomic E-state index is 0. The molecule has 0 saturated carbocycles. The number of nitrogens with one attached hydrogen (secondary N) is 3. The Kier molecular flexibility index (Phi) is 7.46. The molecule has 152 valence electrons. The zero-order chi connectivity index (χ0) is 19.4. The fourth-order valence-electron chi connectivity index (χ4n) is 3.18. The van der Waals surface area contributed by atoms with Crippen molar-refractivity contribution in [1.29, 1.82) is 0 Å². The van der Waals surface area contributed by atoms with Crippen LogP contribution in [-0.2, 0) is 10.0 Å². The van der Waals surface area contributed by atoms with Gasteiger partial charge in [-0.05, 0) is 75.2 Å². The predicted molar refractivity (Wildman–Crippen MR) is 114 cm³/mol. The Bertz CT molecular complexity index is 941. The second-order valence-electron chi connectivity index (χ2n) is 6.95. The van der Waals surface area contributed by atoms with Crippen LogP contribution in [0.1, 0.15) is 34.3 Å². The highest BCUT2D eigenvalue weighted by atomic mass is 35.5. The van der Waals surface area contributed by atoms with Gasteiger partial charge < -0.3 is 10.6 Å². The number of carbonyl (C=O) groups excluding carboxylic acids is 1. The number of anilines is 1. The number of aryl methyl sites for hydroxylation is 2. The molecular weight excluding hydrogens is 398 g/mol. The normalized spacial score (nSPS) is 14.8. The topological polar surface area (TPSA) is 87.3 Å². The van der Waals surface area contributed by atoms with Crippen LogP contribution in [0.5, 0.6) is 0 Å². The van der Waals surface area contributed by atoms with E-state index < -0.39 is 10.0 Å². The molecule has 0 aliphatic carbocycles. The molecule has 2 aromatic rings. The lowest BCUT2D eigenvalue weighted by Gasteiger charge is -2.23. The maximum Gasteiger partial charge on any atom is 0.262 e. The van der Waals surface area contributed by atoms with Crippen LogP contribution in [0.25, 0.3) is 0 Å². The molecule has 1 fully saturated rings. The Hall–Kier alpha value is -2.09. The molecule has 28 heavy (non-hydrogen) atoms. The molecule has 3 N–H and O–H groups in total. The zero-order valence-corrected chi connectivity index (χ0v) is 17.6. The smallest absolute Gasteiger partial charge is 0.262 e. The lowest BCUT2D eigenvalue weighted by atomic mass is 10.1. The fourth-order valence-corrected chi connectivity index (χ4v) is 4.51. The number of hydrogen-bond acceptors (Lipinski definition) is 4. The summed E-state index contributed by atoms with van der Waals surface area (Å²) >= 11 is 0. The molecule has 0 atom stereocenters. The average Bonchev–Trinajstić information content (AvgIpc) is 2.62. The summed E-state index contributed by atoms with van der Waals surface area (Å²) in [7, 11) is -3.79. The number of sulfonamides is 1. The molecule has 0 spiro atoms. The number of rotatable bonds is 5. The Morgan fingerprint density at radius 2 is 1.79 bits per heavy atom. The number of piperidine rings is 1. The Morgan fingerprint density at radius 1 is 1.07 bits per heavy atom. The molecule has 2 aromatic carbocycles. The summed E-state index contributed by atoms with van der Waals surface area (Å²) in [6.45, 7) is 5.37. The van der Waals surface area contributed by atoms with Gasteiger partial charge in [-0.15, -0.1) is 12.4 Å². The number of amides is 1. The third-order valence-corrected chi connectivity index (χ3v) is 6.21. The zero-order valence-electron chi connectivity index (χ0n) is 16.0. The molecule has 1 amide bonds. The van der Waals surface area contributed by atoms with E-state index in [-0.39, 0.29) is 29.3 Å². The summed E-state index contributed by atoms with van der Waals surface area (Å²) in [6, 6.07) is 12.1. The van der Waals surface area contributed by atoms with Gasteiger partial charge in [-0.25, -0.2) is 8.42 Å². The van der Waals surface area contributed by atoms with Gasteiger partial charge in [-0.1, -0.05) is 18.2 Å². The van der Waals surface area contributed by atoms with Crippen LogP contribution in [-0.4, -0.2) is 33.5 Å². The van der Waals surface area contributed by atoms with Gasteiger partial charge >= 0.3 is 0 Å². The minimum Gasteiger partial charge on any atom is -0.349 e. The number of benzene rings is 2. The van der Waals surface area contributed by atoms with E-state index in [2.05, 4.69) is 15.4 Å². The van der Waals surface area contributed by atoms with Gasteiger partial charge in [0.15, 0.2) is 0 Å². The second kappa shape index (κ2) is 9.41. The van der Waals surface area contributed by atoms with Crippen LogP contribution in [0.3, 0.4) is 0 Å². The SMILES string of the molecule is Cc1cccc(NS(=O)(=O)c2cc(C(=O)NC3CCNCC3)ccc2C)c1.Cl. The molecule has 6 nitrogen and oxygen atoms in total. The van der Waals surface area contributed by atoms with Crippen LogP contribution in [0.2, 0.25) is 0 Å². The van der Waals surface area contributed by atoms with Crippen LogP contribution in [0, 0.1) is 13.8 Å². The van der Waals surface area contributed by atoms with E-state index in [1.807, 2.05) is 13.0 Å². The van der Waals surface area contributed by atoms with Crippen LogP contribution >= 0.6 is 12.4 Å². The van der Waals surface area contributed by atoms with Crippen molar-refractivity contribution in [1.82, 2.24) is 10.6 Å². The molecule has 3 rings (SSSR count). The van der Waals surface area contributed by atoms with E-state index in [0.29, 0.717) is 16.8 Å². The van der Waals surface area contributed by atoms with Crippen molar-refractivity contribution in [2.24, 2.45) is 0 Å². The predicted octanol–water partition coefficient (Wildman–Crippen LogP) is 3.01. The highest BCUT2D eigenvalue weighted by Gasteiger charge is 2.21. The monoisotopic (exact) mass is 423 g/mol. The van der Waals surface area contributed by atoms with Crippen molar-refractivity contribution in [3.8, 4) is 0 Å². The van der Waals surface area contributed by atoms with Crippen molar-refractivity contribution >= 4 is 34.0 Å². The summed E-state index contributed by atoms with van der Waals surface area (Å²) < 4.78 is 28.3. The molecule has 1 heterocycles.